The van der Waals surface area contributed by atoms with Gasteiger partial charge in [0, 0.05) is 22.4 Å². The molecule has 0 aliphatic heterocycles. The predicted molar refractivity (Wildman–Crippen MR) is 91.1 cm³/mol. The summed E-state index contributed by atoms with van der Waals surface area (Å²) in [6.45, 7) is 7.56. The van der Waals surface area contributed by atoms with Crippen LogP contribution in [0.3, 0.4) is 0 Å². The SMILES string of the molecule is Cc1ccc(Sc2ccc(CNC3CC3)c(C)c2)c(C)c1. The fraction of sp³-hybridized carbons (Fsp3) is 0.368. The van der Waals surface area contributed by atoms with Crippen molar-refractivity contribution in [3.8, 4) is 0 Å². The summed E-state index contributed by atoms with van der Waals surface area (Å²) in [4.78, 5) is 2.68. The van der Waals surface area contributed by atoms with Crippen LogP contribution in [-0.4, -0.2) is 6.04 Å². The molecule has 0 spiro atoms. The van der Waals surface area contributed by atoms with Crippen LogP contribution in [0, 0.1) is 20.8 Å². The lowest BCUT2D eigenvalue weighted by molar-refractivity contribution is 0.685. The molecule has 1 fully saturated rings. The maximum atomic E-state index is 3.59. The Labute approximate surface area is 132 Å². The first-order valence-electron chi connectivity index (χ1n) is 7.70. The molecule has 0 aromatic heterocycles. The van der Waals surface area contributed by atoms with Gasteiger partial charge < -0.3 is 5.32 Å². The topological polar surface area (TPSA) is 12.0 Å². The van der Waals surface area contributed by atoms with Crippen molar-refractivity contribution in [2.75, 3.05) is 0 Å². The monoisotopic (exact) mass is 297 g/mol. The number of hydrogen-bond acceptors (Lipinski definition) is 2. The van der Waals surface area contributed by atoms with Crippen molar-refractivity contribution in [2.45, 2.75) is 56.0 Å². The molecule has 0 radical (unpaired) electrons. The number of rotatable bonds is 5. The molecule has 0 unspecified atom stereocenters. The first kappa shape index (κ1) is 14.7. The van der Waals surface area contributed by atoms with E-state index in [1.807, 2.05) is 11.8 Å². The van der Waals surface area contributed by atoms with Gasteiger partial charge in [0.1, 0.15) is 0 Å². The van der Waals surface area contributed by atoms with Crippen molar-refractivity contribution in [1.29, 1.82) is 0 Å². The van der Waals surface area contributed by atoms with Crippen molar-refractivity contribution in [2.24, 2.45) is 0 Å². The van der Waals surface area contributed by atoms with Gasteiger partial charge in [-0.05, 0) is 68.5 Å². The van der Waals surface area contributed by atoms with Crippen LogP contribution in [-0.2, 0) is 6.54 Å². The molecule has 2 heteroatoms. The van der Waals surface area contributed by atoms with E-state index in [0.29, 0.717) is 0 Å². The van der Waals surface area contributed by atoms with Crippen LogP contribution in [0.25, 0.3) is 0 Å². The summed E-state index contributed by atoms with van der Waals surface area (Å²) in [5.41, 5.74) is 5.50. The summed E-state index contributed by atoms with van der Waals surface area (Å²) in [5, 5.41) is 3.59. The minimum Gasteiger partial charge on any atom is -0.310 e. The molecule has 0 bridgehead atoms. The van der Waals surface area contributed by atoms with E-state index < -0.39 is 0 Å². The highest BCUT2D eigenvalue weighted by molar-refractivity contribution is 7.99. The van der Waals surface area contributed by atoms with Gasteiger partial charge in [0.15, 0.2) is 0 Å². The van der Waals surface area contributed by atoms with Gasteiger partial charge in [-0.2, -0.15) is 0 Å². The summed E-state index contributed by atoms with van der Waals surface area (Å²) >= 11 is 1.86. The van der Waals surface area contributed by atoms with Gasteiger partial charge in [-0.1, -0.05) is 35.5 Å². The van der Waals surface area contributed by atoms with Gasteiger partial charge >= 0.3 is 0 Å². The molecule has 0 heterocycles. The first-order valence-corrected chi connectivity index (χ1v) is 8.51. The van der Waals surface area contributed by atoms with Crippen LogP contribution in [0.1, 0.15) is 35.1 Å². The molecule has 2 aromatic rings. The molecule has 21 heavy (non-hydrogen) atoms. The zero-order valence-electron chi connectivity index (χ0n) is 13.1. The molecule has 3 rings (SSSR count). The smallest absolute Gasteiger partial charge is 0.0210 e. The molecule has 110 valence electrons. The Morgan fingerprint density at radius 1 is 1.00 bits per heavy atom. The Morgan fingerprint density at radius 3 is 2.48 bits per heavy atom. The maximum absolute atomic E-state index is 3.59. The third-order valence-corrected chi connectivity index (χ3v) is 5.20. The molecule has 1 nitrogen and oxygen atoms in total. The zero-order valence-corrected chi connectivity index (χ0v) is 13.9. The number of aryl methyl sites for hydroxylation is 3. The van der Waals surface area contributed by atoms with E-state index in [4.69, 9.17) is 0 Å². The van der Waals surface area contributed by atoms with Gasteiger partial charge in [0.05, 0.1) is 0 Å². The van der Waals surface area contributed by atoms with Crippen LogP contribution in [0.4, 0.5) is 0 Å². The maximum Gasteiger partial charge on any atom is 0.0210 e. The lowest BCUT2D eigenvalue weighted by Crippen LogP contribution is -2.15. The molecular weight excluding hydrogens is 274 g/mol. The third-order valence-electron chi connectivity index (χ3n) is 4.03. The van der Waals surface area contributed by atoms with Crippen LogP contribution < -0.4 is 5.32 Å². The van der Waals surface area contributed by atoms with Gasteiger partial charge in [0.2, 0.25) is 0 Å². The Hall–Kier alpha value is -1.25. The van der Waals surface area contributed by atoms with Gasteiger partial charge in [-0.25, -0.2) is 0 Å². The highest BCUT2D eigenvalue weighted by Crippen LogP contribution is 2.32. The molecule has 0 amide bonds. The minimum atomic E-state index is 0.772. The van der Waals surface area contributed by atoms with Crippen LogP contribution in [0.5, 0.6) is 0 Å². The van der Waals surface area contributed by atoms with Crippen LogP contribution in [0.15, 0.2) is 46.2 Å². The van der Waals surface area contributed by atoms with Crippen LogP contribution in [0.2, 0.25) is 0 Å². The molecule has 1 aliphatic rings. The molecule has 1 aliphatic carbocycles. The zero-order chi connectivity index (χ0) is 14.8. The second-order valence-corrected chi connectivity index (χ2v) is 7.23. The average Bonchev–Trinajstić information content (AvgIpc) is 3.25. The highest BCUT2D eigenvalue weighted by atomic mass is 32.2. The highest BCUT2D eigenvalue weighted by Gasteiger charge is 2.20. The standard InChI is InChI=1S/C19H23NS/c1-13-4-9-19(15(3)10-13)21-18-8-5-16(14(2)11-18)12-20-17-6-7-17/h4-5,8-11,17,20H,6-7,12H2,1-3H3. The van der Waals surface area contributed by atoms with E-state index in [2.05, 4.69) is 62.5 Å². The van der Waals surface area contributed by atoms with E-state index in [9.17, 15) is 0 Å². The summed E-state index contributed by atoms with van der Waals surface area (Å²) in [6, 6.07) is 14.3. The van der Waals surface area contributed by atoms with E-state index in [1.54, 1.807) is 0 Å². The van der Waals surface area contributed by atoms with Crippen molar-refractivity contribution in [1.82, 2.24) is 5.32 Å². The lowest BCUT2D eigenvalue weighted by atomic mass is 10.1. The Bertz CT molecular complexity index is 644. The third kappa shape index (κ3) is 3.90. The molecule has 0 saturated heterocycles. The van der Waals surface area contributed by atoms with Crippen molar-refractivity contribution < 1.29 is 0 Å². The van der Waals surface area contributed by atoms with Crippen molar-refractivity contribution >= 4 is 11.8 Å². The van der Waals surface area contributed by atoms with Gasteiger partial charge in [0.25, 0.3) is 0 Å². The summed E-state index contributed by atoms with van der Waals surface area (Å²) in [6.07, 6.45) is 2.69. The minimum absolute atomic E-state index is 0.772. The summed E-state index contributed by atoms with van der Waals surface area (Å²) < 4.78 is 0. The van der Waals surface area contributed by atoms with Crippen molar-refractivity contribution in [3.05, 3.63) is 58.7 Å². The normalized spacial score (nSPS) is 14.4. The van der Waals surface area contributed by atoms with Gasteiger partial charge in [-0.3, -0.25) is 0 Å². The number of benzene rings is 2. The summed E-state index contributed by atoms with van der Waals surface area (Å²) in [5.74, 6) is 0. The fourth-order valence-corrected chi connectivity index (χ4v) is 3.49. The average molecular weight is 297 g/mol. The second kappa shape index (κ2) is 6.25. The quantitative estimate of drug-likeness (QED) is 0.832. The first-order chi connectivity index (χ1) is 10.1. The Morgan fingerprint density at radius 2 is 1.81 bits per heavy atom. The Balaban J connectivity index is 1.71. The number of hydrogen-bond donors (Lipinski definition) is 1. The van der Waals surface area contributed by atoms with E-state index in [-0.39, 0.29) is 0 Å². The molecule has 1 saturated carbocycles. The second-order valence-electron chi connectivity index (χ2n) is 6.11. The molecule has 1 N–H and O–H groups in total. The Kier molecular flexibility index (Phi) is 4.37. The van der Waals surface area contributed by atoms with Crippen molar-refractivity contribution in [3.63, 3.8) is 0 Å². The van der Waals surface area contributed by atoms with E-state index in [0.717, 1.165) is 12.6 Å². The predicted octanol–water partition coefficient (Wildman–Crippen LogP) is 5.02. The van der Waals surface area contributed by atoms with Gasteiger partial charge in [-0.15, -0.1) is 0 Å². The molecule has 2 aromatic carbocycles. The molecular formula is C19H23NS. The number of nitrogens with one attached hydrogen (secondary N) is 1. The lowest BCUT2D eigenvalue weighted by Gasteiger charge is -2.11. The fourth-order valence-electron chi connectivity index (χ4n) is 2.51. The largest absolute Gasteiger partial charge is 0.310 e. The summed E-state index contributed by atoms with van der Waals surface area (Å²) in [7, 11) is 0. The van der Waals surface area contributed by atoms with E-state index in [1.165, 1.54) is 44.9 Å². The van der Waals surface area contributed by atoms with Crippen LogP contribution >= 0.6 is 11.8 Å². The molecule has 0 atom stereocenters. The van der Waals surface area contributed by atoms with E-state index >= 15 is 0 Å².